The molecule has 0 aromatic carbocycles. The van der Waals surface area contributed by atoms with Crippen molar-refractivity contribution in [2.45, 2.75) is 33.1 Å². The molecule has 0 aliphatic heterocycles. The van der Waals surface area contributed by atoms with Crippen molar-refractivity contribution in [2.24, 2.45) is 11.8 Å². The van der Waals surface area contributed by atoms with Crippen molar-refractivity contribution in [1.82, 2.24) is 0 Å². The van der Waals surface area contributed by atoms with Crippen molar-refractivity contribution in [1.29, 1.82) is 0 Å². The summed E-state index contributed by atoms with van der Waals surface area (Å²) in [5.41, 5.74) is 0. The molecule has 0 amide bonds. The maximum absolute atomic E-state index is 11.5. The van der Waals surface area contributed by atoms with E-state index in [-0.39, 0.29) is 36.7 Å². The lowest BCUT2D eigenvalue weighted by molar-refractivity contribution is -0.154. The first kappa shape index (κ1) is 11.9. The Balaban J connectivity index is 2.45. The van der Waals surface area contributed by atoms with E-state index in [1.807, 2.05) is 13.8 Å². The minimum atomic E-state index is -0.544. The Kier molecular flexibility index (Phi) is 4.00. The third kappa shape index (κ3) is 3.81. The Labute approximate surface area is 89.0 Å². The molecule has 0 aromatic heterocycles. The van der Waals surface area contributed by atoms with Gasteiger partial charge in [0.05, 0.1) is 18.9 Å². The first-order valence-corrected chi connectivity index (χ1v) is 5.19. The summed E-state index contributed by atoms with van der Waals surface area (Å²) in [6.45, 7) is 4.21. The van der Waals surface area contributed by atoms with Gasteiger partial charge in [0.15, 0.2) is 0 Å². The van der Waals surface area contributed by atoms with Crippen LogP contribution in [0.5, 0.6) is 0 Å². The van der Waals surface area contributed by atoms with Gasteiger partial charge in [-0.15, -0.1) is 0 Å². The number of rotatable bonds is 3. The molecule has 1 aliphatic rings. The van der Waals surface area contributed by atoms with E-state index in [4.69, 9.17) is 4.74 Å². The van der Waals surface area contributed by atoms with Crippen LogP contribution in [0, 0.1) is 11.8 Å². The predicted molar refractivity (Wildman–Crippen MR) is 53.2 cm³/mol. The molecule has 1 aliphatic carbocycles. The lowest BCUT2D eigenvalue weighted by atomic mass is 9.87. The van der Waals surface area contributed by atoms with Crippen molar-refractivity contribution in [3.05, 3.63) is 0 Å². The summed E-state index contributed by atoms with van der Waals surface area (Å²) in [5, 5.41) is 0. The van der Waals surface area contributed by atoms with Crippen LogP contribution in [-0.4, -0.2) is 24.1 Å². The summed E-state index contributed by atoms with van der Waals surface area (Å²) in [7, 11) is 0. The van der Waals surface area contributed by atoms with Gasteiger partial charge < -0.3 is 4.74 Å². The zero-order valence-corrected chi connectivity index (χ0v) is 9.12. The number of hydrogen-bond donors (Lipinski definition) is 0. The van der Waals surface area contributed by atoms with Crippen molar-refractivity contribution in [3.63, 3.8) is 0 Å². The van der Waals surface area contributed by atoms with Gasteiger partial charge in [0, 0.05) is 12.8 Å². The number of carbonyl (C=O) groups is 3. The van der Waals surface area contributed by atoms with Crippen LogP contribution in [0.3, 0.4) is 0 Å². The van der Waals surface area contributed by atoms with Gasteiger partial charge in [-0.3, -0.25) is 14.4 Å². The number of esters is 1. The second-order valence-electron chi connectivity index (χ2n) is 4.38. The fraction of sp³-hybridized carbons (Fsp3) is 0.727. The third-order valence-corrected chi connectivity index (χ3v) is 2.23. The molecule has 0 aromatic rings. The average Bonchev–Trinajstić information content (AvgIpc) is 2.12. The van der Waals surface area contributed by atoms with Gasteiger partial charge in [0.25, 0.3) is 0 Å². The fourth-order valence-electron chi connectivity index (χ4n) is 1.52. The minimum absolute atomic E-state index is 0.0199. The standard InChI is InChI=1S/C11H16O4/c1-7(2)6-15-11(14)8-3-9(12)5-10(13)4-8/h7-8H,3-6H2,1-2H3. The Morgan fingerprint density at radius 1 is 1.33 bits per heavy atom. The van der Waals surface area contributed by atoms with E-state index in [2.05, 4.69) is 0 Å². The minimum Gasteiger partial charge on any atom is -0.465 e. The molecule has 4 heteroatoms. The Bertz CT molecular complexity index is 264. The molecule has 1 rings (SSSR count). The van der Waals surface area contributed by atoms with Gasteiger partial charge in [0.1, 0.15) is 11.6 Å². The average molecular weight is 212 g/mol. The van der Waals surface area contributed by atoms with Gasteiger partial charge in [0.2, 0.25) is 0 Å². The number of carbonyl (C=O) groups excluding carboxylic acids is 3. The Hall–Kier alpha value is -1.19. The number of Topliss-reactive ketones (excluding diaryl/α,β-unsaturated/α-hetero) is 2. The number of hydrogen-bond acceptors (Lipinski definition) is 4. The molecule has 84 valence electrons. The summed E-state index contributed by atoms with van der Waals surface area (Å²) in [5.74, 6) is -0.998. The molecule has 0 atom stereocenters. The molecule has 0 saturated heterocycles. The topological polar surface area (TPSA) is 60.4 Å². The van der Waals surface area contributed by atoms with Crippen LogP contribution in [-0.2, 0) is 19.1 Å². The van der Waals surface area contributed by atoms with Crippen LogP contribution >= 0.6 is 0 Å². The SMILES string of the molecule is CC(C)COC(=O)C1CC(=O)CC(=O)C1. The molecule has 1 saturated carbocycles. The van der Waals surface area contributed by atoms with E-state index in [1.54, 1.807) is 0 Å². The normalized spacial score (nSPS) is 18.3. The van der Waals surface area contributed by atoms with E-state index in [1.165, 1.54) is 0 Å². The molecule has 4 nitrogen and oxygen atoms in total. The van der Waals surface area contributed by atoms with E-state index in [0.717, 1.165) is 0 Å². The van der Waals surface area contributed by atoms with Gasteiger partial charge in [-0.05, 0) is 5.92 Å². The third-order valence-electron chi connectivity index (χ3n) is 2.23. The molecule has 15 heavy (non-hydrogen) atoms. The van der Waals surface area contributed by atoms with Crippen molar-refractivity contribution < 1.29 is 19.1 Å². The van der Waals surface area contributed by atoms with Gasteiger partial charge in [-0.1, -0.05) is 13.8 Å². The first-order valence-electron chi connectivity index (χ1n) is 5.19. The smallest absolute Gasteiger partial charge is 0.309 e. The number of ether oxygens (including phenoxy) is 1. The number of ketones is 2. The quantitative estimate of drug-likeness (QED) is 0.519. The first-order chi connectivity index (χ1) is 6.99. The summed E-state index contributed by atoms with van der Waals surface area (Å²) >= 11 is 0. The second-order valence-corrected chi connectivity index (χ2v) is 4.38. The van der Waals surface area contributed by atoms with Crippen molar-refractivity contribution in [3.8, 4) is 0 Å². The predicted octanol–water partition coefficient (Wildman–Crippen LogP) is 1.12. The zero-order chi connectivity index (χ0) is 11.4. The molecular weight excluding hydrogens is 196 g/mol. The Morgan fingerprint density at radius 3 is 2.33 bits per heavy atom. The molecule has 0 radical (unpaired) electrons. The van der Waals surface area contributed by atoms with Crippen LogP contribution in [0.2, 0.25) is 0 Å². The van der Waals surface area contributed by atoms with Gasteiger partial charge in [-0.25, -0.2) is 0 Å². The van der Waals surface area contributed by atoms with E-state index in [9.17, 15) is 14.4 Å². The molecule has 1 fully saturated rings. The fourth-order valence-corrected chi connectivity index (χ4v) is 1.52. The second kappa shape index (κ2) is 5.05. The maximum Gasteiger partial charge on any atom is 0.309 e. The van der Waals surface area contributed by atoms with Gasteiger partial charge >= 0.3 is 5.97 Å². The molecule has 0 heterocycles. The van der Waals surface area contributed by atoms with Crippen molar-refractivity contribution >= 4 is 17.5 Å². The monoisotopic (exact) mass is 212 g/mol. The molecule has 0 spiro atoms. The Morgan fingerprint density at radius 2 is 1.87 bits per heavy atom. The van der Waals surface area contributed by atoms with E-state index < -0.39 is 11.9 Å². The van der Waals surface area contributed by atoms with E-state index >= 15 is 0 Å². The highest BCUT2D eigenvalue weighted by molar-refractivity contribution is 6.04. The van der Waals surface area contributed by atoms with E-state index in [0.29, 0.717) is 6.61 Å². The zero-order valence-electron chi connectivity index (χ0n) is 9.12. The summed E-state index contributed by atoms with van der Waals surface area (Å²) in [6.07, 6.45) is 0.291. The van der Waals surface area contributed by atoms with Crippen LogP contribution < -0.4 is 0 Å². The highest BCUT2D eigenvalue weighted by Crippen LogP contribution is 2.20. The van der Waals surface area contributed by atoms with Crippen molar-refractivity contribution in [2.75, 3.05) is 6.61 Å². The van der Waals surface area contributed by atoms with Crippen LogP contribution in [0.15, 0.2) is 0 Å². The molecule has 0 N–H and O–H groups in total. The molecule has 0 bridgehead atoms. The highest BCUT2D eigenvalue weighted by atomic mass is 16.5. The summed E-state index contributed by atoms with van der Waals surface area (Å²) < 4.78 is 5.00. The van der Waals surface area contributed by atoms with Crippen LogP contribution in [0.1, 0.15) is 33.1 Å². The van der Waals surface area contributed by atoms with Gasteiger partial charge in [-0.2, -0.15) is 0 Å². The lowest BCUT2D eigenvalue weighted by Crippen LogP contribution is -2.30. The maximum atomic E-state index is 11.5. The van der Waals surface area contributed by atoms with Crippen LogP contribution in [0.4, 0.5) is 0 Å². The molecule has 0 unspecified atom stereocenters. The highest BCUT2D eigenvalue weighted by Gasteiger charge is 2.31. The summed E-state index contributed by atoms with van der Waals surface area (Å²) in [6, 6.07) is 0. The molecular formula is C11H16O4. The summed E-state index contributed by atoms with van der Waals surface area (Å²) in [4.78, 5) is 33.7. The van der Waals surface area contributed by atoms with Crippen LogP contribution in [0.25, 0.3) is 0 Å². The largest absolute Gasteiger partial charge is 0.465 e. The lowest BCUT2D eigenvalue weighted by Gasteiger charge is -2.19.